The number of nitrogens with one attached hydrogen (secondary N) is 1. The van der Waals surface area contributed by atoms with E-state index in [1.807, 2.05) is 19.1 Å². The third kappa shape index (κ3) is 5.68. The standard InChI is InChI=1S/C19H20N2O3/c1-2-3-12-18(22)21-20-14-15-8-7-11-17(13-15)24-19(23)16-9-5-4-6-10-16/h4-11,13-14H,2-3,12H2,1H3,(H,21,22). The van der Waals surface area contributed by atoms with Crippen LogP contribution in [0, 0.1) is 0 Å². The molecule has 0 radical (unpaired) electrons. The van der Waals surface area contributed by atoms with E-state index in [-0.39, 0.29) is 5.91 Å². The Morgan fingerprint density at radius 3 is 2.67 bits per heavy atom. The molecule has 0 aliphatic carbocycles. The van der Waals surface area contributed by atoms with Crippen LogP contribution in [0.1, 0.15) is 42.1 Å². The van der Waals surface area contributed by atoms with Crippen molar-refractivity contribution in [3.05, 3.63) is 65.7 Å². The van der Waals surface area contributed by atoms with E-state index in [1.54, 1.807) is 42.5 Å². The summed E-state index contributed by atoms with van der Waals surface area (Å²) in [6, 6.07) is 15.7. The van der Waals surface area contributed by atoms with Gasteiger partial charge in [-0.3, -0.25) is 4.79 Å². The first-order valence-corrected chi connectivity index (χ1v) is 7.88. The fourth-order valence-electron chi connectivity index (χ4n) is 1.97. The Labute approximate surface area is 141 Å². The van der Waals surface area contributed by atoms with E-state index in [0.717, 1.165) is 18.4 Å². The lowest BCUT2D eigenvalue weighted by Crippen LogP contribution is -2.16. The number of hydrazone groups is 1. The molecule has 2 aromatic rings. The molecule has 0 spiro atoms. The summed E-state index contributed by atoms with van der Waals surface area (Å²) in [5.74, 6) is -0.109. The average molecular weight is 324 g/mol. The number of amides is 1. The van der Waals surface area contributed by atoms with Crippen LogP contribution in [0.2, 0.25) is 0 Å². The molecule has 1 N–H and O–H groups in total. The Hall–Kier alpha value is -2.95. The monoisotopic (exact) mass is 324 g/mol. The Balaban J connectivity index is 1.94. The number of hydrogen-bond acceptors (Lipinski definition) is 4. The van der Waals surface area contributed by atoms with Gasteiger partial charge in [-0.2, -0.15) is 5.10 Å². The lowest BCUT2D eigenvalue weighted by Gasteiger charge is -2.05. The Bertz CT molecular complexity index is 712. The number of benzene rings is 2. The van der Waals surface area contributed by atoms with Gasteiger partial charge in [-0.1, -0.05) is 43.7 Å². The van der Waals surface area contributed by atoms with Gasteiger partial charge in [-0.05, 0) is 36.2 Å². The van der Waals surface area contributed by atoms with Crippen molar-refractivity contribution in [3.8, 4) is 5.75 Å². The number of unbranched alkanes of at least 4 members (excludes halogenated alkanes) is 1. The zero-order valence-electron chi connectivity index (χ0n) is 13.6. The van der Waals surface area contributed by atoms with E-state index in [9.17, 15) is 9.59 Å². The minimum absolute atomic E-state index is 0.111. The van der Waals surface area contributed by atoms with Crippen LogP contribution in [-0.2, 0) is 4.79 Å². The molecule has 0 aliphatic heterocycles. The molecule has 2 rings (SSSR count). The molecule has 0 saturated carbocycles. The van der Waals surface area contributed by atoms with Gasteiger partial charge in [0.05, 0.1) is 11.8 Å². The highest BCUT2D eigenvalue weighted by Crippen LogP contribution is 2.14. The molecule has 0 bridgehead atoms. The molecule has 2 aromatic carbocycles. The first-order valence-electron chi connectivity index (χ1n) is 7.88. The Morgan fingerprint density at radius 1 is 1.12 bits per heavy atom. The van der Waals surface area contributed by atoms with Crippen LogP contribution in [0.4, 0.5) is 0 Å². The van der Waals surface area contributed by atoms with Gasteiger partial charge < -0.3 is 4.74 Å². The Kier molecular flexibility index (Phi) is 6.71. The molecule has 24 heavy (non-hydrogen) atoms. The summed E-state index contributed by atoms with van der Waals surface area (Å²) in [5, 5.41) is 3.91. The zero-order valence-corrected chi connectivity index (χ0v) is 13.6. The lowest BCUT2D eigenvalue weighted by molar-refractivity contribution is -0.121. The maximum atomic E-state index is 12.0. The van der Waals surface area contributed by atoms with E-state index < -0.39 is 5.97 Å². The van der Waals surface area contributed by atoms with E-state index in [2.05, 4.69) is 10.5 Å². The smallest absolute Gasteiger partial charge is 0.343 e. The topological polar surface area (TPSA) is 67.8 Å². The van der Waals surface area contributed by atoms with Crippen LogP contribution in [-0.4, -0.2) is 18.1 Å². The summed E-state index contributed by atoms with van der Waals surface area (Å²) < 4.78 is 5.33. The highest BCUT2D eigenvalue weighted by atomic mass is 16.5. The van der Waals surface area contributed by atoms with E-state index >= 15 is 0 Å². The van der Waals surface area contributed by atoms with Gasteiger partial charge in [0.1, 0.15) is 5.75 Å². The second kappa shape index (κ2) is 9.25. The number of esters is 1. The fourth-order valence-corrected chi connectivity index (χ4v) is 1.97. The number of hydrogen-bond donors (Lipinski definition) is 1. The van der Waals surface area contributed by atoms with Crippen molar-refractivity contribution in [3.63, 3.8) is 0 Å². The number of nitrogens with zero attached hydrogens (tertiary/aromatic N) is 1. The minimum Gasteiger partial charge on any atom is -0.423 e. The summed E-state index contributed by atoms with van der Waals surface area (Å²) in [7, 11) is 0. The van der Waals surface area contributed by atoms with Crippen LogP contribution in [0.3, 0.4) is 0 Å². The predicted molar refractivity (Wildman–Crippen MR) is 93.1 cm³/mol. The van der Waals surface area contributed by atoms with Gasteiger partial charge in [0.15, 0.2) is 0 Å². The second-order valence-corrected chi connectivity index (χ2v) is 5.22. The molecule has 0 aromatic heterocycles. The molecule has 5 heteroatoms. The highest BCUT2D eigenvalue weighted by molar-refractivity contribution is 5.91. The summed E-state index contributed by atoms with van der Waals surface area (Å²) in [5.41, 5.74) is 3.69. The third-order valence-corrected chi connectivity index (χ3v) is 3.24. The Morgan fingerprint density at radius 2 is 1.92 bits per heavy atom. The molecule has 0 heterocycles. The van der Waals surface area contributed by atoms with Crippen LogP contribution >= 0.6 is 0 Å². The predicted octanol–water partition coefficient (Wildman–Crippen LogP) is 3.55. The third-order valence-electron chi connectivity index (χ3n) is 3.24. The summed E-state index contributed by atoms with van der Waals surface area (Å²) in [6.45, 7) is 2.03. The average Bonchev–Trinajstić information content (AvgIpc) is 2.61. The van der Waals surface area contributed by atoms with Crippen LogP contribution in [0.5, 0.6) is 5.75 Å². The summed E-state index contributed by atoms with van der Waals surface area (Å²) in [6.07, 6.45) is 3.78. The molecule has 0 saturated heterocycles. The molecular weight excluding hydrogens is 304 g/mol. The maximum absolute atomic E-state index is 12.0. The van der Waals surface area contributed by atoms with Crippen molar-refractivity contribution in [2.45, 2.75) is 26.2 Å². The summed E-state index contributed by atoms with van der Waals surface area (Å²) >= 11 is 0. The van der Waals surface area contributed by atoms with Crippen LogP contribution in [0.25, 0.3) is 0 Å². The van der Waals surface area contributed by atoms with Gasteiger partial charge >= 0.3 is 5.97 Å². The normalized spacial score (nSPS) is 10.5. The number of carbonyl (C=O) groups excluding carboxylic acids is 2. The van der Waals surface area contributed by atoms with Crippen molar-refractivity contribution in [2.24, 2.45) is 5.10 Å². The maximum Gasteiger partial charge on any atom is 0.343 e. The van der Waals surface area contributed by atoms with Crippen LogP contribution < -0.4 is 10.2 Å². The highest BCUT2D eigenvalue weighted by Gasteiger charge is 2.07. The van der Waals surface area contributed by atoms with E-state index in [1.165, 1.54) is 6.21 Å². The van der Waals surface area contributed by atoms with Crippen molar-refractivity contribution < 1.29 is 14.3 Å². The van der Waals surface area contributed by atoms with Crippen molar-refractivity contribution >= 4 is 18.1 Å². The molecule has 0 aliphatic rings. The molecule has 5 nitrogen and oxygen atoms in total. The van der Waals surface area contributed by atoms with Crippen LogP contribution in [0.15, 0.2) is 59.7 Å². The van der Waals surface area contributed by atoms with Gasteiger partial charge in [-0.15, -0.1) is 0 Å². The quantitative estimate of drug-likeness (QED) is 0.366. The molecule has 0 unspecified atom stereocenters. The van der Waals surface area contributed by atoms with E-state index in [0.29, 0.717) is 17.7 Å². The van der Waals surface area contributed by atoms with Gasteiger partial charge in [0.2, 0.25) is 5.91 Å². The molecular formula is C19H20N2O3. The second-order valence-electron chi connectivity index (χ2n) is 5.22. The van der Waals surface area contributed by atoms with Crippen molar-refractivity contribution in [2.75, 3.05) is 0 Å². The largest absolute Gasteiger partial charge is 0.423 e. The summed E-state index contributed by atoms with van der Waals surface area (Å²) in [4.78, 5) is 23.5. The van der Waals surface area contributed by atoms with Crippen molar-refractivity contribution in [1.82, 2.24) is 5.43 Å². The van der Waals surface area contributed by atoms with Crippen molar-refractivity contribution in [1.29, 1.82) is 0 Å². The molecule has 0 atom stereocenters. The lowest BCUT2D eigenvalue weighted by atomic mass is 10.2. The SMILES string of the molecule is CCCCC(=O)NN=Cc1cccc(OC(=O)c2ccccc2)c1. The van der Waals surface area contributed by atoms with Gasteiger partial charge in [0.25, 0.3) is 0 Å². The van der Waals surface area contributed by atoms with Gasteiger partial charge in [0, 0.05) is 6.42 Å². The molecule has 124 valence electrons. The fraction of sp³-hybridized carbons (Fsp3) is 0.211. The van der Waals surface area contributed by atoms with Gasteiger partial charge in [-0.25, -0.2) is 10.2 Å². The molecule has 0 fully saturated rings. The molecule has 1 amide bonds. The first-order chi connectivity index (χ1) is 11.7. The number of rotatable bonds is 7. The van der Waals surface area contributed by atoms with E-state index in [4.69, 9.17) is 4.74 Å². The minimum atomic E-state index is -0.419. The zero-order chi connectivity index (χ0) is 17.2. The first kappa shape index (κ1) is 17.4. The number of ether oxygens (including phenoxy) is 1. The number of carbonyl (C=O) groups is 2.